The second-order valence-corrected chi connectivity index (χ2v) is 0.769. The highest BCUT2D eigenvalue weighted by molar-refractivity contribution is 4.35. The molecule has 0 bridgehead atoms. The average molecular weight is 92.1 g/mol. The van der Waals surface area contributed by atoms with Crippen LogP contribution in [0, 0.1) is 6.92 Å². The van der Waals surface area contributed by atoms with Crippen LogP contribution in [0.15, 0.2) is 0 Å². The molecule has 0 aromatic carbocycles. The Morgan fingerprint density at radius 2 is 1.67 bits per heavy atom. The smallest absolute Gasteiger partial charge is 0.151 e. The molecule has 0 saturated carbocycles. The lowest BCUT2D eigenvalue weighted by atomic mass is 10.5. The molecule has 3 heteroatoms. The normalized spacial score (nSPS) is 8.00. The van der Waals surface area contributed by atoms with E-state index in [0.717, 1.165) is 0 Å². The monoisotopic (exact) mass is 92.1 g/mol. The third-order valence-corrected chi connectivity index (χ3v) is 0.258. The molecule has 0 aliphatic rings. The highest BCUT2D eigenvalue weighted by Gasteiger charge is 1.83. The van der Waals surface area contributed by atoms with E-state index in [2.05, 4.69) is 6.92 Å². The molecule has 6 heavy (non-hydrogen) atoms. The van der Waals surface area contributed by atoms with E-state index in [1.165, 1.54) is 0 Å². The van der Waals surface area contributed by atoms with Crippen LogP contribution in [-0.2, 0) is 0 Å². The van der Waals surface area contributed by atoms with Crippen molar-refractivity contribution >= 4 is 0 Å². The number of aliphatic hydroxyl groups excluding tert-OH is 1. The van der Waals surface area contributed by atoms with Crippen molar-refractivity contribution in [3.05, 3.63) is 6.92 Å². The Labute approximate surface area is 37.2 Å². The Morgan fingerprint density at radius 1 is 1.50 bits per heavy atom. The third kappa shape index (κ3) is 9.11. The first-order valence-electron chi connectivity index (χ1n) is 1.42. The molecule has 0 heterocycles. The van der Waals surface area contributed by atoms with Gasteiger partial charge in [-0.15, -0.1) is 0 Å². The van der Waals surface area contributed by atoms with E-state index in [4.69, 9.17) is 10.2 Å². The van der Waals surface area contributed by atoms with Gasteiger partial charge in [-0.25, -0.2) is 0 Å². The van der Waals surface area contributed by atoms with Crippen molar-refractivity contribution in [3.8, 4) is 0 Å². The Bertz CT molecular complexity index is 22.8. The minimum Gasteiger partial charge on any atom is -0.368 e. The quantitative estimate of drug-likeness (QED) is 0.388. The molecule has 0 aliphatic heterocycles. The SMILES string of the molecule is N.[CH2]CC(O)O. The number of hydrogen-bond donors (Lipinski definition) is 3. The lowest BCUT2D eigenvalue weighted by Gasteiger charge is -1.90. The Kier molecular flexibility index (Phi) is 7.57. The minimum absolute atomic E-state index is 0. The van der Waals surface area contributed by atoms with Crippen LogP contribution in [0.1, 0.15) is 6.42 Å². The summed E-state index contributed by atoms with van der Waals surface area (Å²) in [5.74, 6) is 0. The topological polar surface area (TPSA) is 75.5 Å². The summed E-state index contributed by atoms with van der Waals surface area (Å²) < 4.78 is 0. The largest absolute Gasteiger partial charge is 0.368 e. The van der Waals surface area contributed by atoms with Gasteiger partial charge < -0.3 is 16.4 Å². The summed E-state index contributed by atoms with van der Waals surface area (Å²) in [7, 11) is 0. The fourth-order valence-corrected chi connectivity index (χ4v) is 0. The van der Waals surface area contributed by atoms with Gasteiger partial charge in [0.05, 0.1) is 0 Å². The van der Waals surface area contributed by atoms with Crippen molar-refractivity contribution in [1.82, 2.24) is 6.15 Å². The first-order chi connectivity index (χ1) is 2.27. The molecule has 0 aromatic rings. The first kappa shape index (κ1) is 9.30. The lowest BCUT2D eigenvalue weighted by molar-refractivity contribution is -0.0366. The standard InChI is InChI=1S/C3H7O2.H3N/c1-2-3(4)5;/h3-5H,1-2H2;1H3. The molecule has 0 aliphatic carbocycles. The van der Waals surface area contributed by atoms with Crippen molar-refractivity contribution in [2.75, 3.05) is 0 Å². The molecule has 0 rings (SSSR count). The molecule has 0 amide bonds. The average Bonchev–Trinajstić information content (AvgIpc) is 1.38. The maximum absolute atomic E-state index is 7.85. The van der Waals surface area contributed by atoms with E-state index in [9.17, 15) is 0 Å². The van der Waals surface area contributed by atoms with E-state index in [1.54, 1.807) is 0 Å². The van der Waals surface area contributed by atoms with Crippen molar-refractivity contribution in [1.29, 1.82) is 0 Å². The highest BCUT2D eigenvalue weighted by Crippen LogP contribution is 1.76. The van der Waals surface area contributed by atoms with Gasteiger partial charge in [-0.3, -0.25) is 0 Å². The summed E-state index contributed by atoms with van der Waals surface area (Å²) >= 11 is 0. The minimum atomic E-state index is -1.23. The number of hydrogen-bond acceptors (Lipinski definition) is 3. The molecule has 0 aromatic heterocycles. The summed E-state index contributed by atoms with van der Waals surface area (Å²) in [6.45, 7) is 3.19. The first-order valence-corrected chi connectivity index (χ1v) is 1.42. The molecule has 0 atom stereocenters. The van der Waals surface area contributed by atoms with Gasteiger partial charge in [0.1, 0.15) is 0 Å². The van der Waals surface area contributed by atoms with Gasteiger partial charge >= 0.3 is 0 Å². The fourth-order valence-electron chi connectivity index (χ4n) is 0. The zero-order valence-electron chi connectivity index (χ0n) is 3.59. The van der Waals surface area contributed by atoms with Gasteiger partial charge in [-0.05, 0) is 13.3 Å². The van der Waals surface area contributed by atoms with Crippen molar-refractivity contribution in [3.63, 3.8) is 0 Å². The zero-order chi connectivity index (χ0) is 4.28. The van der Waals surface area contributed by atoms with Crippen LogP contribution in [0.5, 0.6) is 0 Å². The molecule has 0 fully saturated rings. The number of rotatable bonds is 1. The van der Waals surface area contributed by atoms with Crippen LogP contribution in [0.2, 0.25) is 0 Å². The van der Waals surface area contributed by atoms with Crippen LogP contribution in [0.4, 0.5) is 0 Å². The van der Waals surface area contributed by atoms with E-state index >= 15 is 0 Å². The molecule has 39 valence electrons. The van der Waals surface area contributed by atoms with Crippen LogP contribution < -0.4 is 6.15 Å². The number of aliphatic hydroxyl groups is 2. The Balaban J connectivity index is 0. The molecule has 1 radical (unpaired) electrons. The van der Waals surface area contributed by atoms with Crippen molar-refractivity contribution < 1.29 is 10.2 Å². The third-order valence-electron chi connectivity index (χ3n) is 0.258. The molecule has 0 saturated heterocycles. The van der Waals surface area contributed by atoms with Gasteiger partial charge in [0.15, 0.2) is 6.29 Å². The van der Waals surface area contributed by atoms with Gasteiger partial charge in [0.2, 0.25) is 0 Å². The maximum Gasteiger partial charge on any atom is 0.151 e. The Hall–Kier alpha value is -0.120. The summed E-state index contributed by atoms with van der Waals surface area (Å²) in [6, 6.07) is 0. The van der Waals surface area contributed by atoms with Crippen LogP contribution in [0.25, 0.3) is 0 Å². The molecular formula is C3H10NO2. The molecule has 3 nitrogen and oxygen atoms in total. The predicted octanol–water partition coefficient (Wildman–Crippen LogP) is -0.317. The van der Waals surface area contributed by atoms with Crippen LogP contribution >= 0.6 is 0 Å². The van der Waals surface area contributed by atoms with Crippen LogP contribution in [0.3, 0.4) is 0 Å². The molecule has 0 unspecified atom stereocenters. The summed E-state index contributed by atoms with van der Waals surface area (Å²) in [6.07, 6.45) is -1.06. The second kappa shape index (κ2) is 4.88. The lowest BCUT2D eigenvalue weighted by Crippen LogP contribution is -1.99. The van der Waals surface area contributed by atoms with E-state index in [0.29, 0.717) is 0 Å². The van der Waals surface area contributed by atoms with Gasteiger partial charge in [-0.2, -0.15) is 0 Å². The van der Waals surface area contributed by atoms with Crippen LogP contribution in [-0.4, -0.2) is 16.5 Å². The summed E-state index contributed by atoms with van der Waals surface area (Å²) in [4.78, 5) is 0. The molecule has 0 spiro atoms. The van der Waals surface area contributed by atoms with E-state index in [-0.39, 0.29) is 12.6 Å². The highest BCUT2D eigenvalue weighted by atomic mass is 16.5. The fraction of sp³-hybridized carbons (Fsp3) is 0.667. The van der Waals surface area contributed by atoms with Gasteiger partial charge in [0, 0.05) is 0 Å². The second-order valence-electron chi connectivity index (χ2n) is 0.769. The zero-order valence-corrected chi connectivity index (χ0v) is 3.59. The van der Waals surface area contributed by atoms with Crippen molar-refractivity contribution in [2.45, 2.75) is 12.7 Å². The molecular weight excluding hydrogens is 82.0 g/mol. The van der Waals surface area contributed by atoms with E-state index < -0.39 is 6.29 Å². The van der Waals surface area contributed by atoms with Gasteiger partial charge in [-0.1, -0.05) is 0 Å². The maximum atomic E-state index is 7.85. The van der Waals surface area contributed by atoms with Gasteiger partial charge in [0.25, 0.3) is 0 Å². The molecule has 5 N–H and O–H groups in total. The summed E-state index contributed by atoms with van der Waals surface area (Å²) in [5, 5.41) is 15.7. The van der Waals surface area contributed by atoms with E-state index in [1.807, 2.05) is 0 Å². The summed E-state index contributed by atoms with van der Waals surface area (Å²) in [5.41, 5.74) is 0. The predicted molar refractivity (Wildman–Crippen MR) is 23.2 cm³/mol. The van der Waals surface area contributed by atoms with Crippen molar-refractivity contribution in [2.24, 2.45) is 0 Å². The Morgan fingerprint density at radius 3 is 1.67 bits per heavy atom.